The van der Waals surface area contributed by atoms with Gasteiger partial charge in [0.05, 0.1) is 6.20 Å². The zero-order valence-corrected chi connectivity index (χ0v) is 17.6. The number of hydrogen-bond acceptors (Lipinski definition) is 8. The van der Waals surface area contributed by atoms with Gasteiger partial charge in [0, 0.05) is 31.2 Å². The van der Waals surface area contributed by atoms with E-state index in [1.807, 2.05) is 13.8 Å². The number of alkyl halides is 3. The third kappa shape index (κ3) is 4.78. The molecular weight excluding hydrogens is 432 g/mol. The molecule has 4 rings (SSSR count). The Balaban J connectivity index is 1.45. The highest BCUT2D eigenvalue weighted by Crippen LogP contribution is 2.37. The summed E-state index contributed by atoms with van der Waals surface area (Å²) in [6, 6.07) is 3.07. The molecule has 3 atom stereocenters. The number of hydrazine groups is 3. The van der Waals surface area contributed by atoms with Crippen LogP contribution in [0.15, 0.2) is 30.3 Å². The van der Waals surface area contributed by atoms with Crippen LogP contribution in [-0.2, 0) is 0 Å². The summed E-state index contributed by atoms with van der Waals surface area (Å²) in [4.78, 5) is 1.80. The van der Waals surface area contributed by atoms with Gasteiger partial charge < -0.3 is 14.4 Å². The number of benzene rings is 1. The third-order valence-electron chi connectivity index (χ3n) is 5.82. The lowest BCUT2D eigenvalue weighted by molar-refractivity contribution is -0.275. The first-order valence-electron chi connectivity index (χ1n) is 10.3. The number of nitriles is 1. The van der Waals surface area contributed by atoms with E-state index < -0.39 is 17.9 Å². The fourth-order valence-electron chi connectivity index (χ4n) is 4.43. The van der Waals surface area contributed by atoms with Gasteiger partial charge in [-0.05, 0) is 50.7 Å². The Labute approximate surface area is 182 Å². The monoisotopic (exact) mass is 456 g/mol. The van der Waals surface area contributed by atoms with Crippen molar-refractivity contribution in [1.82, 2.24) is 26.0 Å². The number of halogens is 4. The summed E-state index contributed by atoms with van der Waals surface area (Å²) in [5.74, 6) is -1.05. The van der Waals surface area contributed by atoms with E-state index in [0.717, 1.165) is 25.0 Å². The zero-order chi connectivity index (χ0) is 23.0. The maximum absolute atomic E-state index is 14.0. The van der Waals surface area contributed by atoms with Gasteiger partial charge in [0.15, 0.2) is 17.8 Å². The molecule has 174 valence electrons. The molecule has 2 N–H and O–H groups in total. The maximum Gasteiger partial charge on any atom is 0.573 e. The number of nitrogens with one attached hydrogen (secondary N) is 2. The summed E-state index contributed by atoms with van der Waals surface area (Å²) in [6.45, 7) is 5.27. The second-order valence-electron chi connectivity index (χ2n) is 8.40. The van der Waals surface area contributed by atoms with Crippen LogP contribution in [0.3, 0.4) is 0 Å². The largest absolute Gasteiger partial charge is 0.573 e. The second-order valence-corrected chi connectivity index (χ2v) is 8.40. The van der Waals surface area contributed by atoms with Crippen molar-refractivity contribution in [2.75, 3.05) is 13.1 Å². The molecule has 2 fully saturated rings. The molecule has 12 heteroatoms. The Bertz CT molecular complexity index is 904. The lowest BCUT2D eigenvalue weighted by Crippen LogP contribution is -2.58. The van der Waals surface area contributed by atoms with E-state index in [9.17, 15) is 22.8 Å². The van der Waals surface area contributed by atoms with Crippen molar-refractivity contribution >= 4 is 0 Å². The van der Waals surface area contributed by atoms with Crippen molar-refractivity contribution in [3.05, 3.63) is 36.1 Å². The average Bonchev–Trinajstić information content (AvgIpc) is 3.19. The number of ether oxygens (including phenoxy) is 2. The SMILES string of the molecule is CC(C)N1NN(NC2[C@@H]3CC[C@H]2CN(C#N)C3)C=C1Oc1ccc(OC(F)(F)F)c(F)c1. The smallest absolute Gasteiger partial charge is 0.438 e. The molecule has 32 heavy (non-hydrogen) atoms. The summed E-state index contributed by atoms with van der Waals surface area (Å²) in [5, 5.41) is 12.6. The van der Waals surface area contributed by atoms with Gasteiger partial charge in [0.1, 0.15) is 5.75 Å². The van der Waals surface area contributed by atoms with Crippen molar-refractivity contribution in [2.24, 2.45) is 11.8 Å². The summed E-state index contributed by atoms with van der Waals surface area (Å²) in [6.07, 6.45) is 0.995. The Morgan fingerprint density at radius 2 is 1.91 bits per heavy atom. The molecule has 0 radical (unpaired) electrons. The fourth-order valence-corrected chi connectivity index (χ4v) is 4.43. The van der Waals surface area contributed by atoms with Crippen molar-refractivity contribution in [3.8, 4) is 17.7 Å². The van der Waals surface area contributed by atoms with Crippen molar-refractivity contribution in [2.45, 2.75) is 45.1 Å². The normalized spacial score (nSPS) is 25.2. The number of hydrogen-bond donors (Lipinski definition) is 2. The van der Waals surface area contributed by atoms with Crippen molar-refractivity contribution in [1.29, 1.82) is 5.26 Å². The van der Waals surface area contributed by atoms with Gasteiger partial charge in [-0.15, -0.1) is 18.7 Å². The average molecular weight is 456 g/mol. The van der Waals surface area contributed by atoms with E-state index in [1.54, 1.807) is 21.2 Å². The molecular formula is C20H24F4N6O2. The molecule has 1 aromatic rings. The number of fused-ring (bicyclic) bond motifs is 2. The molecule has 1 saturated heterocycles. The van der Waals surface area contributed by atoms with Crippen LogP contribution in [0.1, 0.15) is 26.7 Å². The topological polar surface area (TPSA) is 76.0 Å². The van der Waals surface area contributed by atoms with E-state index in [1.165, 1.54) is 6.07 Å². The molecule has 1 unspecified atom stereocenters. The number of piperidine rings is 1. The molecule has 0 aromatic heterocycles. The first-order chi connectivity index (χ1) is 15.1. The lowest BCUT2D eigenvalue weighted by Gasteiger charge is -2.38. The van der Waals surface area contributed by atoms with E-state index in [-0.39, 0.29) is 17.8 Å². The highest BCUT2D eigenvalue weighted by molar-refractivity contribution is 5.34. The zero-order valence-electron chi connectivity index (χ0n) is 17.6. The molecule has 2 bridgehead atoms. The van der Waals surface area contributed by atoms with Crippen LogP contribution in [0.2, 0.25) is 0 Å². The Morgan fingerprint density at radius 1 is 1.22 bits per heavy atom. The highest BCUT2D eigenvalue weighted by atomic mass is 19.4. The molecule has 2 aliphatic heterocycles. The van der Waals surface area contributed by atoms with Crippen LogP contribution < -0.4 is 20.4 Å². The van der Waals surface area contributed by atoms with Gasteiger partial charge in [-0.1, -0.05) is 0 Å². The van der Waals surface area contributed by atoms with Gasteiger partial charge in [0.2, 0.25) is 5.88 Å². The Hall–Kier alpha value is -2.91. The van der Waals surface area contributed by atoms with E-state index in [0.29, 0.717) is 30.8 Å². The standard InChI is InChI=1S/C20H24F4N6O2/c1-12(2)30-18(31-15-5-6-17(16(21)7-15)32-20(22,23)24)10-29(27-30)26-19-13-3-4-14(19)9-28(8-13)11-25/h5-7,10,12-14,19,26-27H,3-4,8-9H2,1-2H3/t13-,14+,19?. The minimum Gasteiger partial charge on any atom is -0.438 e. The molecule has 1 saturated carbocycles. The summed E-state index contributed by atoms with van der Waals surface area (Å²) in [7, 11) is 0. The van der Waals surface area contributed by atoms with Crippen LogP contribution >= 0.6 is 0 Å². The maximum atomic E-state index is 14.0. The van der Waals surface area contributed by atoms with E-state index in [4.69, 9.17) is 4.74 Å². The van der Waals surface area contributed by atoms with Gasteiger partial charge in [-0.25, -0.2) is 14.9 Å². The molecule has 1 aliphatic carbocycles. The van der Waals surface area contributed by atoms with Crippen molar-refractivity contribution in [3.63, 3.8) is 0 Å². The first kappa shape index (κ1) is 22.3. The molecule has 8 nitrogen and oxygen atoms in total. The summed E-state index contributed by atoms with van der Waals surface area (Å²) < 4.78 is 60.5. The predicted octanol–water partition coefficient (Wildman–Crippen LogP) is 3.04. The minimum atomic E-state index is -4.98. The van der Waals surface area contributed by atoms with Gasteiger partial charge in [0.25, 0.3) is 0 Å². The fraction of sp³-hybridized carbons (Fsp3) is 0.550. The number of likely N-dealkylation sites (tertiary alicyclic amines) is 1. The molecule has 0 spiro atoms. The number of nitrogens with zero attached hydrogens (tertiary/aromatic N) is 4. The van der Waals surface area contributed by atoms with Crippen LogP contribution in [0.5, 0.6) is 11.5 Å². The van der Waals surface area contributed by atoms with Crippen LogP contribution in [0, 0.1) is 29.1 Å². The Morgan fingerprint density at radius 3 is 2.47 bits per heavy atom. The van der Waals surface area contributed by atoms with Gasteiger partial charge in [-0.2, -0.15) is 5.26 Å². The summed E-state index contributed by atoms with van der Waals surface area (Å²) in [5.41, 5.74) is 6.59. The molecule has 3 aliphatic rings. The predicted molar refractivity (Wildman–Crippen MR) is 104 cm³/mol. The molecule has 0 amide bonds. The van der Waals surface area contributed by atoms with E-state index in [2.05, 4.69) is 21.9 Å². The first-order valence-corrected chi connectivity index (χ1v) is 10.3. The molecule has 1 aromatic carbocycles. The Kier molecular flexibility index (Phi) is 5.96. The van der Waals surface area contributed by atoms with Crippen LogP contribution in [0.25, 0.3) is 0 Å². The minimum absolute atomic E-state index is 0.0278. The second kappa shape index (κ2) is 8.55. The summed E-state index contributed by atoms with van der Waals surface area (Å²) >= 11 is 0. The lowest BCUT2D eigenvalue weighted by atomic mass is 9.93. The highest BCUT2D eigenvalue weighted by Gasteiger charge is 2.43. The van der Waals surface area contributed by atoms with Gasteiger partial charge >= 0.3 is 6.36 Å². The van der Waals surface area contributed by atoms with Crippen molar-refractivity contribution < 1.29 is 27.0 Å². The van der Waals surface area contributed by atoms with Gasteiger partial charge in [-0.3, -0.25) is 5.01 Å². The van der Waals surface area contributed by atoms with Crippen LogP contribution in [0.4, 0.5) is 17.6 Å². The van der Waals surface area contributed by atoms with E-state index >= 15 is 0 Å². The molecule has 2 heterocycles. The van der Waals surface area contributed by atoms with Crippen LogP contribution in [-0.4, -0.2) is 46.6 Å². The number of rotatable bonds is 6. The quantitative estimate of drug-likeness (QED) is 0.500. The third-order valence-corrected chi connectivity index (χ3v) is 5.82.